The SMILES string of the molecule is CCc1ccc(C(C)(C)C)cc1Cc1ccccc1. The van der Waals surface area contributed by atoms with Crippen LogP contribution in [0.15, 0.2) is 48.5 Å². The fraction of sp³-hybridized carbons (Fsp3) is 0.368. The molecule has 0 heterocycles. The zero-order valence-electron chi connectivity index (χ0n) is 12.5. The maximum absolute atomic E-state index is 2.39. The number of hydrogen-bond acceptors (Lipinski definition) is 0. The third-order valence-corrected chi connectivity index (χ3v) is 3.69. The Hall–Kier alpha value is -1.56. The van der Waals surface area contributed by atoms with Crippen molar-refractivity contribution in [2.45, 2.75) is 46.0 Å². The quantitative estimate of drug-likeness (QED) is 0.709. The van der Waals surface area contributed by atoms with E-state index in [9.17, 15) is 0 Å². The number of hydrogen-bond donors (Lipinski definition) is 0. The minimum absolute atomic E-state index is 0.220. The summed E-state index contributed by atoms with van der Waals surface area (Å²) in [6.45, 7) is 9.07. The van der Waals surface area contributed by atoms with Crippen LogP contribution in [0.1, 0.15) is 49.9 Å². The molecule has 2 rings (SSSR count). The maximum atomic E-state index is 2.39. The first-order valence-electron chi connectivity index (χ1n) is 7.17. The molecule has 0 aliphatic carbocycles. The number of benzene rings is 2. The number of aryl methyl sites for hydroxylation is 1. The molecular formula is C19H24. The first kappa shape index (κ1) is 13.9. The average Bonchev–Trinajstić information content (AvgIpc) is 2.39. The molecule has 100 valence electrons. The highest BCUT2D eigenvalue weighted by molar-refractivity contribution is 5.38. The predicted molar refractivity (Wildman–Crippen MR) is 83.8 cm³/mol. The summed E-state index contributed by atoms with van der Waals surface area (Å²) in [5.74, 6) is 0. The van der Waals surface area contributed by atoms with Gasteiger partial charge in [0.15, 0.2) is 0 Å². The molecule has 0 amide bonds. The van der Waals surface area contributed by atoms with Crippen molar-refractivity contribution in [3.63, 3.8) is 0 Å². The van der Waals surface area contributed by atoms with E-state index in [4.69, 9.17) is 0 Å². The van der Waals surface area contributed by atoms with Crippen molar-refractivity contribution < 1.29 is 0 Å². The molecule has 0 atom stereocenters. The standard InChI is InChI=1S/C19H24/c1-5-16-11-12-18(19(2,3)4)14-17(16)13-15-9-7-6-8-10-15/h6-12,14H,5,13H2,1-4H3. The molecule has 0 heteroatoms. The molecule has 19 heavy (non-hydrogen) atoms. The van der Waals surface area contributed by atoms with Gasteiger partial charge in [-0.2, -0.15) is 0 Å². The van der Waals surface area contributed by atoms with E-state index in [1.54, 1.807) is 0 Å². The van der Waals surface area contributed by atoms with Crippen LogP contribution < -0.4 is 0 Å². The minimum Gasteiger partial charge on any atom is -0.0622 e. The van der Waals surface area contributed by atoms with Gasteiger partial charge >= 0.3 is 0 Å². The van der Waals surface area contributed by atoms with Crippen LogP contribution in [0.4, 0.5) is 0 Å². The van der Waals surface area contributed by atoms with Gasteiger partial charge in [-0.15, -0.1) is 0 Å². The van der Waals surface area contributed by atoms with Crippen LogP contribution in [0.5, 0.6) is 0 Å². The van der Waals surface area contributed by atoms with Gasteiger partial charge in [0.05, 0.1) is 0 Å². The third-order valence-electron chi connectivity index (χ3n) is 3.69. The Morgan fingerprint density at radius 2 is 1.53 bits per heavy atom. The lowest BCUT2D eigenvalue weighted by atomic mass is 9.84. The summed E-state index contributed by atoms with van der Waals surface area (Å²) in [6, 6.07) is 17.7. The van der Waals surface area contributed by atoms with Crippen molar-refractivity contribution in [2.75, 3.05) is 0 Å². The van der Waals surface area contributed by atoms with E-state index in [-0.39, 0.29) is 5.41 Å². The van der Waals surface area contributed by atoms with Gasteiger partial charge in [-0.3, -0.25) is 0 Å². The third kappa shape index (κ3) is 3.47. The Morgan fingerprint density at radius 1 is 0.842 bits per heavy atom. The van der Waals surface area contributed by atoms with Gasteiger partial charge in [0.1, 0.15) is 0 Å². The molecule has 0 fully saturated rings. The summed E-state index contributed by atoms with van der Waals surface area (Å²) in [6.07, 6.45) is 2.14. The molecule has 2 aromatic rings. The lowest BCUT2D eigenvalue weighted by molar-refractivity contribution is 0.589. The molecule has 0 aromatic heterocycles. The molecule has 0 saturated carbocycles. The van der Waals surface area contributed by atoms with E-state index in [0.717, 1.165) is 12.8 Å². The highest BCUT2D eigenvalue weighted by atomic mass is 14.2. The van der Waals surface area contributed by atoms with Gasteiger partial charge < -0.3 is 0 Å². The lowest BCUT2D eigenvalue weighted by Crippen LogP contribution is -2.12. The zero-order chi connectivity index (χ0) is 13.9. The van der Waals surface area contributed by atoms with Crippen molar-refractivity contribution in [3.05, 3.63) is 70.8 Å². The van der Waals surface area contributed by atoms with Gasteiger partial charge in [0.25, 0.3) is 0 Å². The van der Waals surface area contributed by atoms with Crippen molar-refractivity contribution >= 4 is 0 Å². The van der Waals surface area contributed by atoms with Crippen molar-refractivity contribution in [2.24, 2.45) is 0 Å². The fourth-order valence-corrected chi connectivity index (χ4v) is 2.42. The van der Waals surface area contributed by atoms with E-state index >= 15 is 0 Å². The van der Waals surface area contributed by atoms with E-state index < -0.39 is 0 Å². The fourth-order valence-electron chi connectivity index (χ4n) is 2.42. The molecule has 2 aromatic carbocycles. The van der Waals surface area contributed by atoms with Crippen LogP contribution in [-0.4, -0.2) is 0 Å². The summed E-state index contributed by atoms with van der Waals surface area (Å²) in [7, 11) is 0. The van der Waals surface area contributed by atoms with Crippen LogP contribution >= 0.6 is 0 Å². The summed E-state index contributed by atoms with van der Waals surface area (Å²) >= 11 is 0. The molecule has 0 aliphatic heterocycles. The zero-order valence-corrected chi connectivity index (χ0v) is 12.5. The van der Waals surface area contributed by atoms with Crippen LogP contribution in [-0.2, 0) is 18.3 Å². The summed E-state index contributed by atoms with van der Waals surface area (Å²) in [5.41, 5.74) is 5.98. The summed E-state index contributed by atoms with van der Waals surface area (Å²) in [4.78, 5) is 0. The Balaban J connectivity index is 2.37. The highest BCUT2D eigenvalue weighted by Crippen LogP contribution is 2.26. The smallest absolute Gasteiger partial charge is 0.00229 e. The van der Waals surface area contributed by atoms with E-state index in [1.165, 1.54) is 22.3 Å². The van der Waals surface area contributed by atoms with Crippen molar-refractivity contribution in [1.29, 1.82) is 0 Å². The summed E-state index contributed by atoms with van der Waals surface area (Å²) in [5, 5.41) is 0. The molecule has 0 bridgehead atoms. The van der Waals surface area contributed by atoms with Gasteiger partial charge in [0.2, 0.25) is 0 Å². The first-order valence-corrected chi connectivity index (χ1v) is 7.17. The second-order valence-corrected chi connectivity index (χ2v) is 6.25. The molecule has 0 unspecified atom stereocenters. The first-order chi connectivity index (χ1) is 9.00. The Morgan fingerprint density at radius 3 is 2.11 bits per heavy atom. The second kappa shape index (κ2) is 5.61. The van der Waals surface area contributed by atoms with Gasteiger partial charge in [-0.1, -0.05) is 76.2 Å². The monoisotopic (exact) mass is 252 g/mol. The van der Waals surface area contributed by atoms with Gasteiger partial charge in [0, 0.05) is 0 Å². The van der Waals surface area contributed by atoms with E-state index in [0.29, 0.717) is 0 Å². The number of rotatable bonds is 3. The summed E-state index contributed by atoms with van der Waals surface area (Å²) < 4.78 is 0. The average molecular weight is 252 g/mol. The molecule has 0 N–H and O–H groups in total. The van der Waals surface area contributed by atoms with Crippen LogP contribution in [0.3, 0.4) is 0 Å². The van der Waals surface area contributed by atoms with Crippen LogP contribution in [0, 0.1) is 0 Å². The maximum Gasteiger partial charge on any atom is -0.00229 e. The molecule has 0 spiro atoms. The van der Waals surface area contributed by atoms with E-state index in [1.807, 2.05) is 0 Å². The second-order valence-electron chi connectivity index (χ2n) is 6.25. The van der Waals surface area contributed by atoms with E-state index in [2.05, 4.69) is 76.2 Å². The minimum atomic E-state index is 0.220. The lowest BCUT2D eigenvalue weighted by Gasteiger charge is -2.21. The Labute approximate surface area is 117 Å². The van der Waals surface area contributed by atoms with Crippen LogP contribution in [0.25, 0.3) is 0 Å². The van der Waals surface area contributed by atoms with Crippen molar-refractivity contribution in [1.82, 2.24) is 0 Å². The molecule has 0 saturated heterocycles. The normalized spacial score (nSPS) is 11.6. The molecule has 0 nitrogen and oxygen atoms in total. The Kier molecular flexibility index (Phi) is 4.09. The van der Waals surface area contributed by atoms with Crippen molar-refractivity contribution in [3.8, 4) is 0 Å². The predicted octanol–water partition coefficient (Wildman–Crippen LogP) is 5.14. The largest absolute Gasteiger partial charge is 0.0622 e. The topological polar surface area (TPSA) is 0 Å². The molecule has 0 aliphatic rings. The van der Waals surface area contributed by atoms with Gasteiger partial charge in [-0.25, -0.2) is 0 Å². The molecule has 0 radical (unpaired) electrons. The van der Waals surface area contributed by atoms with Gasteiger partial charge in [-0.05, 0) is 40.5 Å². The van der Waals surface area contributed by atoms with Crippen LogP contribution in [0.2, 0.25) is 0 Å². The Bertz CT molecular complexity index is 530. The molecular weight excluding hydrogens is 228 g/mol. The highest BCUT2D eigenvalue weighted by Gasteiger charge is 2.15.